The lowest BCUT2D eigenvalue weighted by molar-refractivity contribution is -0.153. The van der Waals surface area contributed by atoms with Crippen LogP contribution in [-0.4, -0.2) is 55.7 Å². The maximum absolute atomic E-state index is 12.1. The van der Waals surface area contributed by atoms with Crippen molar-refractivity contribution in [1.29, 1.82) is 0 Å². The number of hydrogen-bond donors (Lipinski definition) is 4. The molecule has 0 aromatic carbocycles. The fourth-order valence-electron chi connectivity index (χ4n) is 3.58. The number of amides is 1. The van der Waals surface area contributed by atoms with Gasteiger partial charge in [0.1, 0.15) is 23.9 Å². The third-order valence-corrected chi connectivity index (χ3v) is 5.03. The van der Waals surface area contributed by atoms with Gasteiger partial charge in [0.25, 0.3) is 0 Å². The molecule has 110 valence electrons. The molecule has 3 N–H and O–H groups in total. The van der Waals surface area contributed by atoms with E-state index in [0.717, 1.165) is 0 Å². The van der Waals surface area contributed by atoms with Crippen molar-refractivity contribution in [3.63, 3.8) is 0 Å². The maximum atomic E-state index is 12.1. The lowest BCUT2D eigenvalue weighted by Crippen LogP contribution is -2.68. The standard InChI is InChI=1S/C12H13N5O3S/c18-11-6-7-4(2-13-6)1-5(8(12(19)20)17(7)11)9(21)10-14-3-15-16-10/h3-4,6-7,9,13,21H,1-2H2,(H,19,20)(H,14,15,16)/t4-,6+,7-,9?/m1/s1. The number of carboxylic acid groups (broad SMARTS) is 1. The first kappa shape index (κ1) is 12.8. The minimum absolute atomic E-state index is 0.0393. The van der Waals surface area contributed by atoms with Crippen molar-refractivity contribution in [2.45, 2.75) is 23.8 Å². The number of carbonyl (C=O) groups is 2. The molecule has 4 heterocycles. The summed E-state index contributed by atoms with van der Waals surface area (Å²) in [4.78, 5) is 29.2. The highest BCUT2D eigenvalue weighted by Gasteiger charge is 2.60. The smallest absolute Gasteiger partial charge is 0.352 e. The highest BCUT2D eigenvalue weighted by molar-refractivity contribution is 7.80. The van der Waals surface area contributed by atoms with E-state index in [2.05, 4.69) is 33.1 Å². The molecule has 4 rings (SSSR count). The molecule has 0 aliphatic carbocycles. The average molecular weight is 307 g/mol. The Hall–Kier alpha value is -1.87. The third kappa shape index (κ3) is 1.61. The Kier molecular flexibility index (Phi) is 2.64. The minimum atomic E-state index is -1.10. The van der Waals surface area contributed by atoms with Gasteiger partial charge in [0, 0.05) is 6.54 Å². The molecule has 2 fully saturated rings. The summed E-state index contributed by atoms with van der Waals surface area (Å²) in [6.45, 7) is 0.713. The molecule has 4 atom stereocenters. The average Bonchev–Trinajstić information content (AvgIpc) is 3.11. The van der Waals surface area contributed by atoms with Crippen molar-refractivity contribution in [2.24, 2.45) is 5.92 Å². The second kappa shape index (κ2) is 4.31. The predicted molar refractivity (Wildman–Crippen MR) is 73.3 cm³/mol. The molecule has 3 aliphatic rings. The van der Waals surface area contributed by atoms with Gasteiger partial charge in [-0.25, -0.2) is 9.78 Å². The molecule has 1 aromatic heterocycles. The number of nitrogens with one attached hydrogen (secondary N) is 2. The Bertz CT molecular complexity index is 658. The summed E-state index contributed by atoms with van der Waals surface area (Å²) in [6.07, 6.45) is 1.95. The van der Waals surface area contributed by atoms with Crippen molar-refractivity contribution in [3.05, 3.63) is 23.4 Å². The molecular weight excluding hydrogens is 294 g/mol. The number of aromatic nitrogens is 3. The lowest BCUT2D eigenvalue weighted by atomic mass is 9.78. The van der Waals surface area contributed by atoms with Crippen molar-refractivity contribution >= 4 is 24.5 Å². The van der Waals surface area contributed by atoms with Crippen molar-refractivity contribution in [2.75, 3.05) is 6.54 Å². The predicted octanol–water partition coefficient (Wildman–Crippen LogP) is -0.683. The molecule has 2 saturated heterocycles. The van der Waals surface area contributed by atoms with Crippen LogP contribution >= 0.6 is 12.6 Å². The Morgan fingerprint density at radius 3 is 3.05 bits per heavy atom. The maximum Gasteiger partial charge on any atom is 0.352 e. The van der Waals surface area contributed by atoms with Gasteiger partial charge in [0.15, 0.2) is 0 Å². The first-order valence-electron chi connectivity index (χ1n) is 6.65. The first-order valence-corrected chi connectivity index (χ1v) is 7.17. The van der Waals surface area contributed by atoms with Gasteiger partial charge in [-0.15, -0.1) is 0 Å². The van der Waals surface area contributed by atoms with Crippen LogP contribution in [0.3, 0.4) is 0 Å². The van der Waals surface area contributed by atoms with Crippen LogP contribution in [-0.2, 0) is 9.59 Å². The Balaban J connectivity index is 1.80. The molecule has 3 aliphatic heterocycles. The van der Waals surface area contributed by atoms with E-state index in [1.165, 1.54) is 11.2 Å². The summed E-state index contributed by atoms with van der Waals surface area (Å²) < 4.78 is 0. The van der Waals surface area contributed by atoms with Crippen molar-refractivity contribution in [1.82, 2.24) is 25.4 Å². The molecule has 0 radical (unpaired) electrons. The fourth-order valence-corrected chi connectivity index (χ4v) is 3.93. The number of H-pyrrole nitrogens is 1. The first-order chi connectivity index (χ1) is 10.1. The van der Waals surface area contributed by atoms with Crippen LogP contribution in [0.2, 0.25) is 0 Å². The zero-order valence-electron chi connectivity index (χ0n) is 10.9. The molecule has 0 saturated carbocycles. The summed E-state index contributed by atoms with van der Waals surface area (Å²) in [6, 6.07) is -0.267. The summed E-state index contributed by atoms with van der Waals surface area (Å²) in [5.74, 6) is -0.555. The number of hydrogen-bond acceptors (Lipinski definition) is 6. The minimum Gasteiger partial charge on any atom is -0.477 e. The van der Waals surface area contributed by atoms with Crippen LogP contribution in [0.1, 0.15) is 17.5 Å². The highest BCUT2D eigenvalue weighted by atomic mass is 32.1. The Labute approximate surface area is 125 Å². The molecule has 0 bridgehead atoms. The van der Waals surface area contributed by atoms with Gasteiger partial charge in [-0.3, -0.25) is 14.8 Å². The zero-order chi connectivity index (χ0) is 14.7. The van der Waals surface area contributed by atoms with E-state index in [-0.39, 0.29) is 29.6 Å². The SMILES string of the molecule is O=C(O)C1=C(C(S)c2ncn[nH]2)C[C@@H]2CN[C@@H]3C(=O)N1[C@H]23. The summed E-state index contributed by atoms with van der Waals surface area (Å²) in [7, 11) is 0. The molecule has 0 spiro atoms. The van der Waals surface area contributed by atoms with Gasteiger partial charge in [-0.05, 0) is 17.9 Å². The molecule has 1 amide bonds. The number of carboxylic acids is 1. The molecule has 8 nitrogen and oxygen atoms in total. The van der Waals surface area contributed by atoms with E-state index in [4.69, 9.17) is 0 Å². The number of aromatic amines is 1. The monoisotopic (exact) mass is 307 g/mol. The summed E-state index contributed by atoms with van der Waals surface area (Å²) in [5.41, 5.74) is 0.664. The molecule has 1 aromatic rings. The summed E-state index contributed by atoms with van der Waals surface area (Å²) in [5, 5.41) is 18.7. The second-order valence-corrected chi connectivity index (χ2v) is 6.02. The summed E-state index contributed by atoms with van der Waals surface area (Å²) >= 11 is 4.49. The van der Waals surface area contributed by atoms with Gasteiger partial charge in [-0.1, -0.05) is 0 Å². The topological polar surface area (TPSA) is 111 Å². The number of carbonyl (C=O) groups excluding carboxylic acids is 1. The van der Waals surface area contributed by atoms with Gasteiger partial charge in [-0.2, -0.15) is 17.7 Å². The molecule has 1 unspecified atom stereocenters. The number of thiol groups is 1. The van der Waals surface area contributed by atoms with E-state index in [9.17, 15) is 14.7 Å². The van der Waals surface area contributed by atoms with Gasteiger partial charge in [0.05, 0.1) is 11.3 Å². The van der Waals surface area contributed by atoms with Crippen LogP contribution in [0.5, 0.6) is 0 Å². The van der Waals surface area contributed by atoms with Crippen LogP contribution in [0.4, 0.5) is 0 Å². The van der Waals surface area contributed by atoms with Gasteiger partial charge in [0.2, 0.25) is 5.91 Å². The van der Waals surface area contributed by atoms with E-state index < -0.39 is 11.2 Å². The molecule has 9 heteroatoms. The second-order valence-electron chi connectivity index (χ2n) is 5.50. The lowest BCUT2D eigenvalue weighted by Gasteiger charge is -2.49. The fraction of sp³-hybridized carbons (Fsp3) is 0.500. The molecular formula is C12H13N5O3S. The van der Waals surface area contributed by atoms with Gasteiger partial charge >= 0.3 is 5.97 Å². The quantitative estimate of drug-likeness (QED) is 0.435. The zero-order valence-corrected chi connectivity index (χ0v) is 11.7. The van der Waals surface area contributed by atoms with Crippen LogP contribution in [0.15, 0.2) is 17.6 Å². The van der Waals surface area contributed by atoms with Crippen molar-refractivity contribution < 1.29 is 14.7 Å². The van der Waals surface area contributed by atoms with E-state index >= 15 is 0 Å². The van der Waals surface area contributed by atoms with Crippen LogP contribution < -0.4 is 5.32 Å². The van der Waals surface area contributed by atoms with Crippen molar-refractivity contribution in [3.8, 4) is 0 Å². The third-order valence-electron chi connectivity index (χ3n) is 4.48. The molecule has 21 heavy (non-hydrogen) atoms. The highest BCUT2D eigenvalue weighted by Crippen LogP contribution is 2.47. The number of rotatable bonds is 3. The van der Waals surface area contributed by atoms with E-state index in [1.807, 2.05) is 0 Å². The number of nitrogens with zero attached hydrogens (tertiary/aromatic N) is 3. The Morgan fingerprint density at radius 1 is 1.57 bits per heavy atom. The number of β-lactam (4-membered cyclic amide) rings is 1. The van der Waals surface area contributed by atoms with E-state index in [0.29, 0.717) is 24.4 Å². The van der Waals surface area contributed by atoms with Crippen LogP contribution in [0, 0.1) is 5.92 Å². The number of aliphatic carboxylic acids is 1. The van der Waals surface area contributed by atoms with Gasteiger partial charge < -0.3 is 10.4 Å². The van der Waals surface area contributed by atoms with Crippen LogP contribution in [0.25, 0.3) is 0 Å². The Morgan fingerprint density at radius 2 is 2.38 bits per heavy atom. The van der Waals surface area contributed by atoms with E-state index in [1.54, 1.807) is 0 Å². The normalized spacial score (nSPS) is 32.0. The largest absolute Gasteiger partial charge is 0.477 e.